The maximum absolute atomic E-state index is 8.95. The molecule has 21 heavy (non-hydrogen) atoms. The Morgan fingerprint density at radius 1 is 1.24 bits per heavy atom. The third kappa shape index (κ3) is 4.51. The van der Waals surface area contributed by atoms with Crippen molar-refractivity contribution in [3.05, 3.63) is 41.6 Å². The first-order valence-corrected chi connectivity index (χ1v) is 7.69. The van der Waals surface area contributed by atoms with Crippen LogP contribution in [0.4, 0.5) is 0 Å². The van der Waals surface area contributed by atoms with Crippen LogP contribution in [0.1, 0.15) is 37.9 Å². The SMILES string of the molecule is Cc1cc(CNCC(C)(C)CCCO)c2ccccc2n1. The van der Waals surface area contributed by atoms with Crippen LogP contribution in [-0.2, 0) is 6.54 Å². The number of aliphatic hydroxyl groups excluding tert-OH is 1. The molecule has 3 heteroatoms. The number of benzene rings is 1. The van der Waals surface area contributed by atoms with Crippen molar-refractivity contribution >= 4 is 10.9 Å². The van der Waals surface area contributed by atoms with Gasteiger partial charge in [0, 0.05) is 30.8 Å². The van der Waals surface area contributed by atoms with Gasteiger partial charge in [-0.25, -0.2) is 0 Å². The number of para-hydroxylation sites is 1. The number of aromatic nitrogens is 1. The van der Waals surface area contributed by atoms with Gasteiger partial charge >= 0.3 is 0 Å². The van der Waals surface area contributed by atoms with E-state index in [1.807, 2.05) is 13.0 Å². The van der Waals surface area contributed by atoms with Gasteiger partial charge in [0.15, 0.2) is 0 Å². The lowest BCUT2D eigenvalue weighted by Gasteiger charge is -2.25. The minimum Gasteiger partial charge on any atom is -0.396 e. The molecule has 0 saturated heterocycles. The van der Waals surface area contributed by atoms with Crippen LogP contribution in [-0.4, -0.2) is 23.2 Å². The van der Waals surface area contributed by atoms with Crippen molar-refractivity contribution in [1.29, 1.82) is 0 Å². The van der Waals surface area contributed by atoms with E-state index in [2.05, 4.69) is 48.4 Å². The van der Waals surface area contributed by atoms with E-state index in [9.17, 15) is 0 Å². The average Bonchev–Trinajstić information content (AvgIpc) is 2.45. The summed E-state index contributed by atoms with van der Waals surface area (Å²) in [6, 6.07) is 10.5. The molecule has 0 fully saturated rings. The highest BCUT2D eigenvalue weighted by molar-refractivity contribution is 5.82. The summed E-state index contributed by atoms with van der Waals surface area (Å²) in [5, 5.41) is 13.7. The Balaban J connectivity index is 2.03. The molecule has 0 saturated carbocycles. The largest absolute Gasteiger partial charge is 0.396 e. The van der Waals surface area contributed by atoms with E-state index in [1.54, 1.807) is 0 Å². The lowest BCUT2D eigenvalue weighted by molar-refractivity contribution is 0.236. The summed E-state index contributed by atoms with van der Waals surface area (Å²) in [5.74, 6) is 0. The van der Waals surface area contributed by atoms with Crippen LogP contribution in [0.2, 0.25) is 0 Å². The molecule has 2 N–H and O–H groups in total. The van der Waals surface area contributed by atoms with Crippen molar-refractivity contribution in [2.75, 3.05) is 13.2 Å². The monoisotopic (exact) mass is 286 g/mol. The zero-order valence-corrected chi connectivity index (χ0v) is 13.3. The predicted molar refractivity (Wildman–Crippen MR) is 88.3 cm³/mol. The third-order valence-corrected chi connectivity index (χ3v) is 3.86. The van der Waals surface area contributed by atoms with Crippen LogP contribution in [0, 0.1) is 12.3 Å². The number of nitrogens with zero attached hydrogens (tertiary/aromatic N) is 1. The van der Waals surface area contributed by atoms with Crippen LogP contribution in [0.3, 0.4) is 0 Å². The van der Waals surface area contributed by atoms with E-state index < -0.39 is 0 Å². The van der Waals surface area contributed by atoms with E-state index in [-0.39, 0.29) is 12.0 Å². The molecular formula is C18H26N2O. The van der Waals surface area contributed by atoms with E-state index >= 15 is 0 Å². The van der Waals surface area contributed by atoms with Crippen LogP contribution in [0.25, 0.3) is 10.9 Å². The van der Waals surface area contributed by atoms with E-state index in [4.69, 9.17) is 5.11 Å². The fourth-order valence-corrected chi connectivity index (χ4v) is 2.72. The Hall–Kier alpha value is -1.45. The molecule has 2 rings (SSSR count). The summed E-state index contributed by atoms with van der Waals surface area (Å²) in [5.41, 5.74) is 3.63. The topological polar surface area (TPSA) is 45.1 Å². The zero-order chi connectivity index (χ0) is 15.3. The number of fused-ring (bicyclic) bond motifs is 1. The molecule has 1 heterocycles. The highest BCUT2D eigenvalue weighted by Gasteiger charge is 2.16. The van der Waals surface area contributed by atoms with Crippen molar-refractivity contribution in [2.24, 2.45) is 5.41 Å². The van der Waals surface area contributed by atoms with Crippen molar-refractivity contribution in [3.8, 4) is 0 Å². The maximum Gasteiger partial charge on any atom is 0.0708 e. The van der Waals surface area contributed by atoms with Gasteiger partial charge in [0.2, 0.25) is 0 Å². The normalized spacial score (nSPS) is 12.0. The van der Waals surface area contributed by atoms with E-state index in [0.29, 0.717) is 0 Å². The molecule has 0 aliphatic rings. The molecule has 0 amide bonds. The van der Waals surface area contributed by atoms with Gasteiger partial charge < -0.3 is 10.4 Å². The quantitative estimate of drug-likeness (QED) is 0.819. The van der Waals surface area contributed by atoms with Gasteiger partial charge in [0.25, 0.3) is 0 Å². The van der Waals surface area contributed by atoms with Gasteiger partial charge in [-0.2, -0.15) is 0 Å². The molecular weight excluding hydrogens is 260 g/mol. The second-order valence-electron chi connectivity index (χ2n) is 6.53. The summed E-state index contributed by atoms with van der Waals surface area (Å²) in [6.45, 7) is 8.60. The highest BCUT2D eigenvalue weighted by atomic mass is 16.2. The Morgan fingerprint density at radius 3 is 2.76 bits per heavy atom. The Bertz CT molecular complexity index is 593. The van der Waals surface area contributed by atoms with Gasteiger partial charge in [0.05, 0.1) is 5.52 Å². The van der Waals surface area contributed by atoms with E-state index in [1.165, 1.54) is 10.9 Å². The minimum absolute atomic E-state index is 0.209. The van der Waals surface area contributed by atoms with Crippen molar-refractivity contribution < 1.29 is 5.11 Å². The molecule has 0 atom stereocenters. The lowest BCUT2D eigenvalue weighted by Crippen LogP contribution is -2.29. The first-order chi connectivity index (χ1) is 10.0. The molecule has 0 spiro atoms. The number of pyridine rings is 1. The van der Waals surface area contributed by atoms with Gasteiger partial charge in [-0.1, -0.05) is 32.0 Å². The fourth-order valence-electron chi connectivity index (χ4n) is 2.72. The molecule has 3 nitrogen and oxygen atoms in total. The summed E-state index contributed by atoms with van der Waals surface area (Å²) in [6.07, 6.45) is 1.90. The van der Waals surface area contributed by atoms with Crippen LogP contribution in [0.5, 0.6) is 0 Å². The van der Waals surface area contributed by atoms with Gasteiger partial charge in [0.1, 0.15) is 0 Å². The highest BCUT2D eigenvalue weighted by Crippen LogP contribution is 2.22. The van der Waals surface area contributed by atoms with E-state index in [0.717, 1.165) is 37.1 Å². The number of hydrogen-bond acceptors (Lipinski definition) is 3. The fraction of sp³-hybridized carbons (Fsp3) is 0.500. The van der Waals surface area contributed by atoms with Crippen molar-refractivity contribution in [3.63, 3.8) is 0 Å². The Labute approximate surface area is 127 Å². The summed E-state index contributed by atoms with van der Waals surface area (Å²) in [7, 11) is 0. The molecule has 1 aromatic carbocycles. The van der Waals surface area contributed by atoms with Gasteiger partial charge in [-0.15, -0.1) is 0 Å². The third-order valence-electron chi connectivity index (χ3n) is 3.86. The van der Waals surface area contributed by atoms with Gasteiger partial charge in [-0.3, -0.25) is 4.98 Å². The predicted octanol–water partition coefficient (Wildman–Crippen LogP) is 3.43. The average molecular weight is 286 g/mol. The molecule has 114 valence electrons. The van der Waals surface area contributed by atoms with Crippen LogP contribution >= 0.6 is 0 Å². The lowest BCUT2D eigenvalue weighted by atomic mass is 9.88. The first-order valence-electron chi connectivity index (χ1n) is 7.69. The first kappa shape index (κ1) is 15.9. The number of rotatable bonds is 7. The summed E-state index contributed by atoms with van der Waals surface area (Å²) >= 11 is 0. The van der Waals surface area contributed by atoms with Crippen molar-refractivity contribution in [2.45, 2.75) is 40.2 Å². The molecule has 2 aromatic rings. The smallest absolute Gasteiger partial charge is 0.0708 e. The maximum atomic E-state index is 8.95. The standard InChI is InChI=1S/C18H26N2O/c1-14-11-15(16-7-4-5-8-17(16)20-14)12-19-13-18(2,3)9-6-10-21/h4-5,7-8,11,19,21H,6,9-10,12-13H2,1-3H3. The second kappa shape index (κ2) is 7.01. The molecule has 0 radical (unpaired) electrons. The Kier molecular flexibility index (Phi) is 5.32. The van der Waals surface area contributed by atoms with Gasteiger partial charge in [-0.05, 0) is 42.9 Å². The molecule has 1 aromatic heterocycles. The minimum atomic E-state index is 0.209. The number of aliphatic hydroxyl groups is 1. The number of hydrogen-bond donors (Lipinski definition) is 2. The second-order valence-corrected chi connectivity index (χ2v) is 6.53. The van der Waals surface area contributed by atoms with Crippen LogP contribution in [0.15, 0.2) is 30.3 Å². The number of nitrogens with one attached hydrogen (secondary N) is 1. The molecule has 0 unspecified atom stereocenters. The number of aryl methyl sites for hydroxylation is 1. The zero-order valence-electron chi connectivity index (χ0n) is 13.3. The van der Waals surface area contributed by atoms with Crippen molar-refractivity contribution in [1.82, 2.24) is 10.3 Å². The Morgan fingerprint density at radius 2 is 2.00 bits per heavy atom. The summed E-state index contributed by atoms with van der Waals surface area (Å²) in [4.78, 5) is 4.58. The molecule has 0 bridgehead atoms. The van der Waals surface area contributed by atoms with Crippen LogP contribution < -0.4 is 5.32 Å². The summed E-state index contributed by atoms with van der Waals surface area (Å²) < 4.78 is 0. The molecule has 0 aliphatic carbocycles. The molecule has 0 aliphatic heterocycles.